The molecule has 0 amide bonds. The zero-order valence-corrected chi connectivity index (χ0v) is 8.99. The molecule has 1 aromatic rings. The third kappa shape index (κ3) is 4.44. The zero-order valence-electron chi connectivity index (χ0n) is 8.99. The molecule has 0 saturated heterocycles. The molecule has 1 unspecified atom stereocenters. The number of aliphatic hydroxyl groups is 1. The third-order valence-electron chi connectivity index (χ3n) is 2.09. The minimum Gasteiger partial charge on any atom is -0.435 e. The van der Waals surface area contributed by atoms with Gasteiger partial charge >= 0.3 is 6.61 Å². The molecule has 0 saturated carbocycles. The maximum atomic E-state index is 11.8. The lowest BCUT2D eigenvalue weighted by Crippen LogP contribution is -2.18. The van der Waals surface area contributed by atoms with Crippen molar-refractivity contribution in [2.75, 3.05) is 11.9 Å². The molecule has 1 rings (SSSR count). The SMILES string of the molecule is CCC(O)CNc1ccc(OC(F)F)cc1. The maximum absolute atomic E-state index is 11.8. The summed E-state index contributed by atoms with van der Waals surface area (Å²) in [6.45, 7) is -0.488. The Balaban J connectivity index is 2.45. The fourth-order valence-electron chi connectivity index (χ4n) is 1.13. The van der Waals surface area contributed by atoms with Gasteiger partial charge in [0.2, 0.25) is 0 Å². The van der Waals surface area contributed by atoms with Crippen molar-refractivity contribution in [3.63, 3.8) is 0 Å². The molecule has 0 bridgehead atoms. The van der Waals surface area contributed by atoms with Gasteiger partial charge < -0.3 is 15.2 Å². The summed E-state index contributed by atoms with van der Waals surface area (Å²) in [5.74, 6) is 0.122. The first kappa shape index (κ1) is 12.7. The number of ether oxygens (including phenoxy) is 1. The molecule has 2 N–H and O–H groups in total. The van der Waals surface area contributed by atoms with Gasteiger partial charge in [0.25, 0.3) is 0 Å². The second-order valence-corrected chi connectivity index (χ2v) is 3.35. The van der Waals surface area contributed by atoms with Gasteiger partial charge in [0, 0.05) is 12.2 Å². The Hall–Kier alpha value is -1.36. The van der Waals surface area contributed by atoms with E-state index in [0.29, 0.717) is 13.0 Å². The topological polar surface area (TPSA) is 41.5 Å². The Morgan fingerprint density at radius 3 is 2.44 bits per heavy atom. The fraction of sp³-hybridized carbons (Fsp3) is 0.455. The number of nitrogens with one attached hydrogen (secondary N) is 1. The van der Waals surface area contributed by atoms with E-state index < -0.39 is 12.7 Å². The predicted molar refractivity (Wildman–Crippen MR) is 57.9 cm³/mol. The maximum Gasteiger partial charge on any atom is 0.387 e. The summed E-state index contributed by atoms with van der Waals surface area (Å²) in [7, 11) is 0. The van der Waals surface area contributed by atoms with Crippen molar-refractivity contribution < 1.29 is 18.6 Å². The van der Waals surface area contributed by atoms with E-state index in [1.54, 1.807) is 12.1 Å². The van der Waals surface area contributed by atoms with Crippen LogP contribution in [0.2, 0.25) is 0 Å². The van der Waals surface area contributed by atoms with Crippen LogP contribution in [-0.2, 0) is 0 Å². The lowest BCUT2D eigenvalue weighted by atomic mass is 10.2. The van der Waals surface area contributed by atoms with Crippen molar-refractivity contribution >= 4 is 5.69 Å². The highest BCUT2D eigenvalue weighted by Crippen LogP contribution is 2.17. The van der Waals surface area contributed by atoms with Crippen LogP contribution in [0.25, 0.3) is 0 Å². The van der Waals surface area contributed by atoms with Gasteiger partial charge in [-0.15, -0.1) is 0 Å². The van der Waals surface area contributed by atoms with Crippen LogP contribution in [0.5, 0.6) is 5.75 Å². The summed E-state index contributed by atoms with van der Waals surface area (Å²) in [6.07, 6.45) is 0.261. The molecule has 0 aliphatic rings. The number of benzene rings is 1. The van der Waals surface area contributed by atoms with Crippen molar-refractivity contribution in [2.45, 2.75) is 26.1 Å². The summed E-state index contributed by atoms with van der Waals surface area (Å²) < 4.78 is 27.9. The Bertz CT molecular complexity index is 303. The van der Waals surface area contributed by atoms with Crippen molar-refractivity contribution in [3.8, 4) is 5.75 Å². The van der Waals surface area contributed by atoms with Crippen LogP contribution in [0, 0.1) is 0 Å². The molecule has 16 heavy (non-hydrogen) atoms. The molecular weight excluding hydrogens is 216 g/mol. The number of alkyl halides is 2. The number of hydrogen-bond donors (Lipinski definition) is 2. The molecule has 1 atom stereocenters. The summed E-state index contributed by atoms with van der Waals surface area (Å²) in [4.78, 5) is 0. The smallest absolute Gasteiger partial charge is 0.387 e. The minimum absolute atomic E-state index is 0.122. The van der Waals surface area contributed by atoms with E-state index in [1.807, 2.05) is 6.92 Å². The molecule has 0 heterocycles. The first-order chi connectivity index (χ1) is 7.61. The van der Waals surface area contributed by atoms with E-state index in [9.17, 15) is 13.9 Å². The Kier molecular flexibility index (Phi) is 4.98. The van der Waals surface area contributed by atoms with E-state index in [4.69, 9.17) is 0 Å². The Morgan fingerprint density at radius 2 is 1.94 bits per heavy atom. The molecule has 3 nitrogen and oxygen atoms in total. The van der Waals surface area contributed by atoms with Crippen LogP contribution in [0.15, 0.2) is 24.3 Å². The fourth-order valence-corrected chi connectivity index (χ4v) is 1.13. The van der Waals surface area contributed by atoms with Gasteiger partial charge in [-0.25, -0.2) is 0 Å². The van der Waals surface area contributed by atoms with Crippen molar-refractivity contribution in [3.05, 3.63) is 24.3 Å². The van der Waals surface area contributed by atoms with Crippen LogP contribution in [0.1, 0.15) is 13.3 Å². The average Bonchev–Trinajstić information content (AvgIpc) is 2.27. The van der Waals surface area contributed by atoms with E-state index in [2.05, 4.69) is 10.1 Å². The third-order valence-corrected chi connectivity index (χ3v) is 2.09. The lowest BCUT2D eigenvalue weighted by Gasteiger charge is -2.11. The highest BCUT2D eigenvalue weighted by Gasteiger charge is 2.04. The molecule has 0 aliphatic carbocycles. The van der Waals surface area contributed by atoms with E-state index in [1.165, 1.54) is 12.1 Å². The molecular formula is C11H15F2NO2. The molecule has 0 aromatic heterocycles. The molecule has 0 spiro atoms. The van der Waals surface area contributed by atoms with E-state index in [-0.39, 0.29) is 5.75 Å². The minimum atomic E-state index is -2.80. The van der Waals surface area contributed by atoms with Crippen molar-refractivity contribution in [1.29, 1.82) is 0 Å². The second kappa shape index (κ2) is 6.27. The first-order valence-corrected chi connectivity index (χ1v) is 5.08. The lowest BCUT2D eigenvalue weighted by molar-refractivity contribution is -0.0498. The Labute approximate surface area is 93.0 Å². The molecule has 90 valence electrons. The second-order valence-electron chi connectivity index (χ2n) is 3.35. The van der Waals surface area contributed by atoms with Gasteiger partial charge in [-0.05, 0) is 30.7 Å². The summed E-state index contributed by atoms with van der Waals surface area (Å²) in [6, 6.07) is 6.15. The van der Waals surface area contributed by atoms with Crippen LogP contribution >= 0.6 is 0 Å². The highest BCUT2D eigenvalue weighted by atomic mass is 19.3. The molecule has 0 radical (unpaired) electrons. The van der Waals surface area contributed by atoms with Crippen LogP contribution < -0.4 is 10.1 Å². The normalized spacial score (nSPS) is 12.6. The molecule has 1 aromatic carbocycles. The van der Waals surface area contributed by atoms with Crippen LogP contribution in [0.3, 0.4) is 0 Å². The van der Waals surface area contributed by atoms with Gasteiger partial charge in [-0.1, -0.05) is 6.92 Å². The number of anilines is 1. The zero-order chi connectivity index (χ0) is 12.0. The Morgan fingerprint density at radius 1 is 1.31 bits per heavy atom. The quantitative estimate of drug-likeness (QED) is 0.790. The van der Waals surface area contributed by atoms with Crippen molar-refractivity contribution in [2.24, 2.45) is 0 Å². The molecule has 5 heteroatoms. The van der Waals surface area contributed by atoms with Crippen LogP contribution in [-0.4, -0.2) is 24.4 Å². The number of halogens is 2. The first-order valence-electron chi connectivity index (χ1n) is 5.08. The number of rotatable bonds is 6. The van der Waals surface area contributed by atoms with Crippen LogP contribution in [0.4, 0.5) is 14.5 Å². The average molecular weight is 231 g/mol. The van der Waals surface area contributed by atoms with Gasteiger partial charge in [-0.2, -0.15) is 8.78 Å². The summed E-state index contributed by atoms with van der Waals surface area (Å²) in [5.41, 5.74) is 0.758. The van der Waals surface area contributed by atoms with Gasteiger partial charge in [0.1, 0.15) is 5.75 Å². The standard InChI is InChI=1S/C11H15F2NO2/c1-2-9(15)7-14-8-3-5-10(6-4-8)16-11(12)13/h3-6,9,11,14-15H,2,7H2,1H3. The van der Waals surface area contributed by atoms with Gasteiger partial charge in [0.15, 0.2) is 0 Å². The van der Waals surface area contributed by atoms with E-state index in [0.717, 1.165) is 5.69 Å². The number of aliphatic hydroxyl groups excluding tert-OH is 1. The predicted octanol–water partition coefficient (Wildman–Crippen LogP) is 2.47. The van der Waals surface area contributed by atoms with Gasteiger partial charge in [-0.3, -0.25) is 0 Å². The molecule has 0 fully saturated rings. The molecule has 0 aliphatic heterocycles. The summed E-state index contributed by atoms with van der Waals surface area (Å²) in [5, 5.41) is 12.3. The van der Waals surface area contributed by atoms with Gasteiger partial charge in [0.05, 0.1) is 6.10 Å². The van der Waals surface area contributed by atoms with E-state index >= 15 is 0 Å². The highest BCUT2D eigenvalue weighted by molar-refractivity contribution is 5.46. The summed E-state index contributed by atoms with van der Waals surface area (Å²) >= 11 is 0. The monoisotopic (exact) mass is 231 g/mol. The van der Waals surface area contributed by atoms with Crippen molar-refractivity contribution in [1.82, 2.24) is 0 Å². The largest absolute Gasteiger partial charge is 0.435 e. The number of hydrogen-bond acceptors (Lipinski definition) is 3.